The first-order valence-corrected chi connectivity index (χ1v) is 17.7. The van der Waals surface area contributed by atoms with Crippen LogP contribution in [0.2, 0.25) is 0 Å². The van der Waals surface area contributed by atoms with Crippen LogP contribution in [-0.4, -0.2) is 76.6 Å². The normalized spacial score (nSPS) is 20.4. The summed E-state index contributed by atoms with van der Waals surface area (Å²) in [4.78, 5) is 73.7. The molecular formula is C33H45N4O9P. The van der Waals surface area contributed by atoms with Crippen molar-refractivity contribution in [2.75, 3.05) is 20.1 Å². The number of phosphoric acid groups is 1. The molecule has 2 fully saturated rings. The Bertz CT molecular complexity index is 1400. The van der Waals surface area contributed by atoms with Crippen LogP contribution in [0.5, 0.6) is 5.75 Å². The summed E-state index contributed by atoms with van der Waals surface area (Å²) in [6.45, 7) is 1.30. The molecule has 3 amide bonds. The lowest BCUT2D eigenvalue weighted by molar-refractivity contribution is -0.149. The van der Waals surface area contributed by atoms with Gasteiger partial charge in [0.15, 0.2) is 0 Å². The molecule has 2 saturated heterocycles. The molecule has 0 aliphatic carbocycles. The number of benzene rings is 2. The third-order valence-corrected chi connectivity index (χ3v) is 8.96. The summed E-state index contributed by atoms with van der Waals surface area (Å²) in [5.74, 6) is -2.53. The van der Waals surface area contributed by atoms with Crippen LogP contribution in [-0.2, 0) is 41.5 Å². The highest BCUT2D eigenvalue weighted by atomic mass is 31.2. The van der Waals surface area contributed by atoms with E-state index in [1.54, 1.807) is 17.0 Å². The summed E-state index contributed by atoms with van der Waals surface area (Å²) < 4.78 is 21.3. The molecule has 0 radical (unpaired) electrons. The Morgan fingerprint density at radius 1 is 0.957 bits per heavy atom. The molecule has 0 saturated carbocycles. The maximum absolute atomic E-state index is 14.0. The number of hydrogen-bond acceptors (Lipinski definition) is 8. The van der Waals surface area contributed by atoms with E-state index in [-0.39, 0.29) is 43.1 Å². The number of fused-ring (bicyclic) bond motifs is 1. The van der Waals surface area contributed by atoms with Crippen molar-refractivity contribution in [1.29, 1.82) is 0 Å². The third-order valence-electron chi connectivity index (χ3n) is 8.51. The molecular weight excluding hydrogens is 627 g/mol. The molecule has 14 heteroatoms. The second-order valence-corrected chi connectivity index (χ2v) is 13.2. The van der Waals surface area contributed by atoms with Gasteiger partial charge in [-0.2, -0.15) is 0 Å². The van der Waals surface area contributed by atoms with Crippen LogP contribution in [0.25, 0.3) is 0 Å². The van der Waals surface area contributed by atoms with Crippen molar-refractivity contribution in [3.8, 4) is 5.75 Å². The van der Waals surface area contributed by atoms with Crippen LogP contribution in [0.1, 0.15) is 62.5 Å². The second-order valence-electron chi connectivity index (χ2n) is 12.1. The minimum atomic E-state index is -4.75. The molecule has 2 aliphatic rings. The maximum atomic E-state index is 14.0. The first-order valence-electron chi connectivity index (χ1n) is 16.1. The van der Waals surface area contributed by atoms with E-state index in [4.69, 9.17) is 14.5 Å². The lowest BCUT2D eigenvalue weighted by Gasteiger charge is -2.35. The van der Waals surface area contributed by atoms with Crippen molar-refractivity contribution in [1.82, 2.24) is 20.9 Å². The molecule has 0 bridgehead atoms. The van der Waals surface area contributed by atoms with E-state index >= 15 is 0 Å². The zero-order valence-corrected chi connectivity index (χ0v) is 27.5. The summed E-state index contributed by atoms with van der Waals surface area (Å²) in [6, 6.07) is 13.5. The Hall–Kier alpha value is -3.77. The number of rotatable bonds is 15. The molecule has 2 heterocycles. The smallest absolute Gasteiger partial charge is 0.461 e. The van der Waals surface area contributed by atoms with Crippen LogP contribution in [0, 0.1) is 5.92 Å². The molecule has 4 atom stereocenters. The number of esters is 1. The monoisotopic (exact) mass is 672 g/mol. The number of nitrogens with one attached hydrogen (secondary N) is 3. The molecule has 47 heavy (non-hydrogen) atoms. The summed E-state index contributed by atoms with van der Waals surface area (Å²) >= 11 is 0. The number of carbonyl (C=O) groups is 4. The van der Waals surface area contributed by atoms with Gasteiger partial charge in [-0.15, -0.1) is 0 Å². The van der Waals surface area contributed by atoms with Crippen LogP contribution in [0.15, 0.2) is 54.6 Å². The first-order chi connectivity index (χ1) is 22.5. The minimum absolute atomic E-state index is 0.0400. The van der Waals surface area contributed by atoms with Gasteiger partial charge in [0.25, 0.3) is 0 Å². The van der Waals surface area contributed by atoms with Crippen molar-refractivity contribution in [3.63, 3.8) is 0 Å². The van der Waals surface area contributed by atoms with Gasteiger partial charge in [0, 0.05) is 12.6 Å². The number of amides is 3. The maximum Gasteiger partial charge on any atom is 0.524 e. The molecule has 2 aliphatic heterocycles. The average Bonchev–Trinajstić information content (AvgIpc) is 3.46. The van der Waals surface area contributed by atoms with Gasteiger partial charge in [0.1, 0.15) is 24.4 Å². The minimum Gasteiger partial charge on any atom is -0.461 e. The van der Waals surface area contributed by atoms with Crippen LogP contribution >= 0.6 is 7.82 Å². The van der Waals surface area contributed by atoms with Gasteiger partial charge in [0.05, 0.1) is 12.3 Å². The second kappa shape index (κ2) is 17.4. The Labute approximate surface area is 275 Å². The van der Waals surface area contributed by atoms with E-state index in [2.05, 4.69) is 20.5 Å². The highest BCUT2D eigenvalue weighted by molar-refractivity contribution is 7.46. The van der Waals surface area contributed by atoms with Gasteiger partial charge in [0.2, 0.25) is 17.7 Å². The number of nitrogens with zero attached hydrogens (tertiary/aromatic N) is 1. The van der Waals surface area contributed by atoms with Crippen molar-refractivity contribution in [2.45, 2.75) is 82.5 Å². The van der Waals surface area contributed by atoms with E-state index in [1.807, 2.05) is 37.4 Å². The standard InChI is InChI=1S/C33H45N4O9P/c1-34-18-7-19-35-32(40)29-17-14-26-10-5-6-11-28(33(41)37(26)29)36-31(39)25(21-30(38)45-22-24-8-3-2-4-9-24)20-23-12-15-27(16-13-23)46-47(42,43)44/h2-4,8-9,12-13,15-16,25-26,28-29,34H,5-7,10-11,14,17-22H2,1H3,(H,35,40)(H,36,39)(H2,42,43,44)/t25-,26+,28+,29+/m1/s1. The predicted octanol–water partition coefficient (Wildman–Crippen LogP) is 2.59. The zero-order chi connectivity index (χ0) is 33.8. The first kappa shape index (κ1) is 36.1. The topological polar surface area (TPSA) is 184 Å². The summed E-state index contributed by atoms with van der Waals surface area (Å²) in [5.41, 5.74) is 1.40. The molecule has 256 valence electrons. The number of ether oxygens (including phenoxy) is 1. The molecule has 5 N–H and O–H groups in total. The fourth-order valence-electron chi connectivity index (χ4n) is 6.17. The fourth-order valence-corrected chi connectivity index (χ4v) is 6.57. The van der Waals surface area contributed by atoms with Gasteiger partial charge in [-0.1, -0.05) is 55.3 Å². The number of phosphoric ester groups is 1. The van der Waals surface area contributed by atoms with E-state index in [9.17, 15) is 23.7 Å². The summed E-state index contributed by atoms with van der Waals surface area (Å²) in [5, 5.41) is 8.90. The predicted molar refractivity (Wildman–Crippen MR) is 173 cm³/mol. The molecule has 0 spiro atoms. The number of carbonyl (C=O) groups excluding carboxylic acids is 4. The van der Waals surface area contributed by atoms with Gasteiger partial charge >= 0.3 is 13.8 Å². The van der Waals surface area contributed by atoms with Crippen LogP contribution < -0.4 is 20.5 Å². The van der Waals surface area contributed by atoms with E-state index in [1.165, 1.54) is 12.1 Å². The van der Waals surface area contributed by atoms with Gasteiger partial charge in [-0.25, -0.2) is 4.57 Å². The van der Waals surface area contributed by atoms with Crippen molar-refractivity contribution >= 4 is 31.5 Å². The Balaban J connectivity index is 1.47. The van der Waals surface area contributed by atoms with Crippen molar-refractivity contribution in [2.24, 2.45) is 5.92 Å². The quantitative estimate of drug-likeness (QED) is 0.107. The SMILES string of the molecule is CNCCCNC(=O)[C@@H]1CC[C@@H]2CCCC[C@H](NC(=O)[C@@H](CC(=O)OCc3ccccc3)Cc3ccc(OP(=O)(O)O)cc3)C(=O)N21. The van der Waals surface area contributed by atoms with Crippen LogP contribution in [0.3, 0.4) is 0 Å². The lowest BCUT2D eigenvalue weighted by Crippen LogP contribution is -2.57. The highest BCUT2D eigenvalue weighted by Gasteiger charge is 2.44. The van der Waals surface area contributed by atoms with Gasteiger partial charge in [-0.3, -0.25) is 29.0 Å². The highest BCUT2D eigenvalue weighted by Crippen LogP contribution is 2.37. The third kappa shape index (κ3) is 11.2. The number of hydrogen-bond donors (Lipinski definition) is 5. The molecule has 0 aromatic heterocycles. The van der Waals surface area contributed by atoms with Crippen molar-refractivity contribution in [3.05, 3.63) is 65.7 Å². The van der Waals surface area contributed by atoms with Gasteiger partial charge in [-0.05, 0) is 75.4 Å². The summed E-state index contributed by atoms with van der Waals surface area (Å²) in [7, 11) is -2.90. The molecule has 13 nitrogen and oxygen atoms in total. The Morgan fingerprint density at radius 2 is 1.68 bits per heavy atom. The van der Waals surface area contributed by atoms with Crippen molar-refractivity contribution < 1.29 is 42.8 Å². The zero-order valence-electron chi connectivity index (χ0n) is 26.6. The van der Waals surface area contributed by atoms with E-state index in [0.29, 0.717) is 24.9 Å². The van der Waals surface area contributed by atoms with E-state index in [0.717, 1.165) is 44.2 Å². The lowest BCUT2D eigenvalue weighted by atomic mass is 9.93. The Kier molecular flexibility index (Phi) is 13.4. The summed E-state index contributed by atoms with van der Waals surface area (Å²) in [6.07, 6.45) is 4.67. The molecule has 2 aromatic rings. The fraction of sp³-hybridized carbons (Fsp3) is 0.515. The van der Waals surface area contributed by atoms with Crippen LogP contribution in [0.4, 0.5) is 0 Å². The van der Waals surface area contributed by atoms with Gasteiger partial charge < -0.3 is 30.1 Å². The largest absolute Gasteiger partial charge is 0.524 e. The average molecular weight is 673 g/mol. The molecule has 0 unspecified atom stereocenters. The molecule has 4 rings (SSSR count). The Morgan fingerprint density at radius 3 is 2.38 bits per heavy atom. The molecule has 2 aromatic carbocycles. The van der Waals surface area contributed by atoms with E-state index < -0.39 is 37.7 Å².